The summed E-state index contributed by atoms with van der Waals surface area (Å²) in [6.45, 7) is 8.20. The van der Waals surface area contributed by atoms with E-state index in [4.69, 9.17) is 9.47 Å². The molecule has 0 radical (unpaired) electrons. The van der Waals surface area contributed by atoms with Crippen LogP contribution in [0.15, 0.2) is 85.5 Å². The SMILES string of the molecule is C=CC(=O)Oc1ccc(-c2ccc(-c3ccc(OC(=O)C(=C)C)c(F)c3)cc2)cc1F. The highest BCUT2D eigenvalue weighted by Crippen LogP contribution is 2.30. The van der Waals surface area contributed by atoms with E-state index in [0.717, 1.165) is 17.2 Å². The van der Waals surface area contributed by atoms with Gasteiger partial charge in [0.15, 0.2) is 23.1 Å². The van der Waals surface area contributed by atoms with Crippen LogP contribution >= 0.6 is 0 Å². The fraction of sp³-hybridized carbons (Fsp3) is 0.0400. The van der Waals surface area contributed by atoms with Crippen LogP contribution in [0, 0.1) is 11.6 Å². The van der Waals surface area contributed by atoms with Crippen LogP contribution < -0.4 is 9.47 Å². The predicted molar refractivity (Wildman–Crippen MR) is 114 cm³/mol. The van der Waals surface area contributed by atoms with E-state index in [0.29, 0.717) is 11.1 Å². The molecule has 0 saturated carbocycles. The number of carbonyl (C=O) groups is 2. The van der Waals surface area contributed by atoms with Gasteiger partial charge in [-0.05, 0) is 53.4 Å². The normalized spacial score (nSPS) is 10.3. The number of hydrogen-bond acceptors (Lipinski definition) is 4. The maximum atomic E-state index is 14.3. The van der Waals surface area contributed by atoms with Crippen molar-refractivity contribution < 1.29 is 27.8 Å². The van der Waals surface area contributed by atoms with Gasteiger partial charge in [-0.25, -0.2) is 18.4 Å². The summed E-state index contributed by atoms with van der Waals surface area (Å²) in [5.41, 5.74) is 2.77. The van der Waals surface area contributed by atoms with Crippen molar-refractivity contribution in [3.63, 3.8) is 0 Å². The minimum atomic E-state index is -0.747. The fourth-order valence-electron chi connectivity index (χ4n) is 2.72. The Bertz CT molecular complexity index is 1180. The highest BCUT2D eigenvalue weighted by atomic mass is 19.1. The molecular formula is C25H18F2O4. The van der Waals surface area contributed by atoms with Crippen molar-refractivity contribution >= 4 is 11.9 Å². The Morgan fingerprint density at radius 3 is 1.58 bits per heavy atom. The molecule has 0 aliphatic carbocycles. The van der Waals surface area contributed by atoms with E-state index < -0.39 is 23.6 Å². The highest BCUT2D eigenvalue weighted by molar-refractivity contribution is 5.89. The maximum absolute atomic E-state index is 14.3. The average molecular weight is 420 g/mol. The van der Waals surface area contributed by atoms with Gasteiger partial charge in [0.25, 0.3) is 0 Å². The molecule has 0 spiro atoms. The summed E-state index contributed by atoms with van der Waals surface area (Å²) in [4.78, 5) is 22.8. The molecule has 0 amide bonds. The summed E-state index contributed by atoms with van der Waals surface area (Å²) in [7, 11) is 0. The Hall–Kier alpha value is -4.06. The highest BCUT2D eigenvalue weighted by Gasteiger charge is 2.12. The molecule has 0 N–H and O–H groups in total. The van der Waals surface area contributed by atoms with Crippen LogP contribution in [0.1, 0.15) is 6.92 Å². The zero-order valence-electron chi connectivity index (χ0n) is 16.7. The van der Waals surface area contributed by atoms with Crippen LogP contribution in [-0.4, -0.2) is 11.9 Å². The van der Waals surface area contributed by atoms with E-state index >= 15 is 0 Å². The van der Waals surface area contributed by atoms with Gasteiger partial charge in [0, 0.05) is 11.6 Å². The summed E-state index contributed by atoms with van der Waals surface area (Å²) in [5, 5.41) is 0. The van der Waals surface area contributed by atoms with Crippen molar-refractivity contribution in [2.75, 3.05) is 0 Å². The smallest absolute Gasteiger partial charge is 0.338 e. The van der Waals surface area contributed by atoms with Gasteiger partial charge in [-0.2, -0.15) is 0 Å². The first-order valence-electron chi connectivity index (χ1n) is 9.20. The fourth-order valence-corrected chi connectivity index (χ4v) is 2.72. The summed E-state index contributed by atoms with van der Waals surface area (Å²) in [5.74, 6) is -3.17. The van der Waals surface area contributed by atoms with E-state index in [9.17, 15) is 18.4 Å². The maximum Gasteiger partial charge on any atom is 0.338 e. The predicted octanol–water partition coefficient (Wildman–Crippen LogP) is 5.87. The van der Waals surface area contributed by atoms with E-state index in [2.05, 4.69) is 13.2 Å². The van der Waals surface area contributed by atoms with Crippen molar-refractivity contribution in [2.24, 2.45) is 0 Å². The number of benzene rings is 3. The zero-order chi connectivity index (χ0) is 22.5. The monoisotopic (exact) mass is 420 g/mol. The lowest BCUT2D eigenvalue weighted by molar-refractivity contribution is -0.130. The lowest BCUT2D eigenvalue weighted by Gasteiger charge is -2.09. The Labute approximate surface area is 178 Å². The van der Waals surface area contributed by atoms with Gasteiger partial charge in [0.2, 0.25) is 0 Å². The topological polar surface area (TPSA) is 52.6 Å². The second-order valence-corrected chi connectivity index (χ2v) is 6.66. The minimum Gasteiger partial charge on any atom is -0.420 e. The molecule has 0 aliphatic rings. The third kappa shape index (κ3) is 5.11. The van der Waals surface area contributed by atoms with E-state index in [1.165, 1.54) is 31.2 Å². The Balaban J connectivity index is 1.80. The Morgan fingerprint density at radius 2 is 1.19 bits per heavy atom. The molecule has 31 heavy (non-hydrogen) atoms. The lowest BCUT2D eigenvalue weighted by atomic mass is 10.00. The van der Waals surface area contributed by atoms with Crippen LogP contribution in [0.2, 0.25) is 0 Å². The first-order valence-corrected chi connectivity index (χ1v) is 9.20. The zero-order valence-corrected chi connectivity index (χ0v) is 16.7. The van der Waals surface area contributed by atoms with Crippen molar-refractivity contribution in [1.29, 1.82) is 0 Å². The van der Waals surface area contributed by atoms with Gasteiger partial charge in [0.05, 0.1) is 0 Å². The number of carbonyl (C=O) groups excluding carboxylic acids is 2. The standard InChI is InChI=1S/C25H18F2O4/c1-4-24(28)30-22-11-9-18(13-20(22)26)16-5-7-17(8-6-16)19-10-12-23(21(27)14-19)31-25(29)15(2)3/h4-14H,1-2H2,3H3. The molecule has 0 saturated heterocycles. The molecule has 3 aromatic carbocycles. The van der Waals surface area contributed by atoms with Crippen molar-refractivity contribution in [3.8, 4) is 33.8 Å². The molecule has 3 rings (SSSR count). The summed E-state index contributed by atoms with van der Waals surface area (Å²) < 4.78 is 38.3. The molecule has 6 heteroatoms. The van der Waals surface area contributed by atoms with Gasteiger partial charge >= 0.3 is 11.9 Å². The van der Waals surface area contributed by atoms with Crippen LogP contribution in [0.3, 0.4) is 0 Å². The third-order valence-electron chi connectivity index (χ3n) is 4.34. The number of esters is 2. The summed E-state index contributed by atoms with van der Waals surface area (Å²) in [6, 6.07) is 15.5. The number of rotatable bonds is 6. The summed E-state index contributed by atoms with van der Waals surface area (Å²) in [6.07, 6.45) is 0.950. The molecule has 0 bridgehead atoms. The second-order valence-electron chi connectivity index (χ2n) is 6.66. The Morgan fingerprint density at radius 1 is 0.774 bits per heavy atom. The number of hydrogen-bond donors (Lipinski definition) is 0. The van der Waals surface area contributed by atoms with E-state index in [1.807, 2.05) is 0 Å². The van der Waals surface area contributed by atoms with Gasteiger partial charge in [-0.15, -0.1) is 0 Å². The second kappa shape index (κ2) is 9.17. The molecule has 0 aromatic heterocycles. The molecule has 0 aliphatic heterocycles. The lowest BCUT2D eigenvalue weighted by Crippen LogP contribution is -2.09. The largest absolute Gasteiger partial charge is 0.420 e. The van der Waals surface area contributed by atoms with Gasteiger partial charge in [-0.1, -0.05) is 49.6 Å². The van der Waals surface area contributed by atoms with Crippen molar-refractivity contribution in [1.82, 2.24) is 0 Å². The number of halogens is 2. The van der Waals surface area contributed by atoms with Crippen LogP contribution in [0.4, 0.5) is 8.78 Å². The van der Waals surface area contributed by atoms with E-state index in [1.54, 1.807) is 36.4 Å². The minimum absolute atomic E-state index is 0.169. The van der Waals surface area contributed by atoms with Crippen molar-refractivity contribution in [3.05, 3.63) is 97.1 Å². The quantitative estimate of drug-likeness (QED) is 0.284. The van der Waals surface area contributed by atoms with Gasteiger partial charge < -0.3 is 9.47 Å². The molecule has 0 heterocycles. The first-order chi connectivity index (χ1) is 14.8. The Kier molecular flexibility index (Phi) is 6.40. The third-order valence-corrected chi connectivity index (χ3v) is 4.34. The van der Waals surface area contributed by atoms with E-state index in [-0.39, 0.29) is 17.1 Å². The summed E-state index contributed by atoms with van der Waals surface area (Å²) >= 11 is 0. The molecule has 156 valence electrons. The number of ether oxygens (including phenoxy) is 2. The molecule has 4 nitrogen and oxygen atoms in total. The molecule has 0 atom stereocenters. The molecule has 3 aromatic rings. The van der Waals surface area contributed by atoms with Crippen LogP contribution in [0.5, 0.6) is 11.5 Å². The van der Waals surface area contributed by atoms with Crippen LogP contribution in [0.25, 0.3) is 22.3 Å². The molecular weight excluding hydrogens is 402 g/mol. The van der Waals surface area contributed by atoms with Gasteiger partial charge in [0.1, 0.15) is 0 Å². The van der Waals surface area contributed by atoms with Crippen LogP contribution in [-0.2, 0) is 9.59 Å². The molecule has 0 fully saturated rings. The molecule has 0 unspecified atom stereocenters. The average Bonchev–Trinajstić information content (AvgIpc) is 2.76. The first kappa shape index (κ1) is 21.6. The van der Waals surface area contributed by atoms with Crippen molar-refractivity contribution in [2.45, 2.75) is 6.92 Å². The van der Waals surface area contributed by atoms with Gasteiger partial charge in [-0.3, -0.25) is 0 Å².